The molecule has 2 aromatic heterocycles. The highest BCUT2D eigenvalue weighted by atomic mass is 35.5. The van der Waals surface area contributed by atoms with Gasteiger partial charge in [-0.05, 0) is 13.8 Å². The largest absolute Gasteiger partial charge is 0.436 e. The molecule has 2 heterocycles. The van der Waals surface area contributed by atoms with Crippen LogP contribution in [-0.4, -0.2) is 25.9 Å². The maximum Gasteiger partial charge on any atom is 0.436 e. The van der Waals surface area contributed by atoms with Gasteiger partial charge in [0.2, 0.25) is 5.13 Å². The molecule has 0 saturated carbocycles. The molecule has 0 aliphatic carbocycles. The number of carbonyl (C=O) groups is 1. The Morgan fingerprint density at radius 3 is 2.39 bits per heavy atom. The van der Waals surface area contributed by atoms with Crippen LogP contribution in [0.15, 0.2) is 0 Å². The van der Waals surface area contributed by atoms with E-state index >= 15 is 0 Å². The van der Waals surface area contributed by atoms with Crippen LogP contribution >= 0.6 is 22.9 Å². The molecule has 2 rings (SSSR count). The monoisotopic (exact) mass is 368 g/mol. The molecule has 0 fully saturated rings. The van der Waals surface area contributed by atoms with Crippen LogP contribution in [0.1, 0.15) is 35.0 Å². The van der Waals surface area contributed by atoms with Crippen molar-refractivity contribution in [3.05, 3.63) is 21.4 Å². The maximum absolute atomic E-state index is 12.8. The molecule has 0 bridgehead atoms. The number of alkyl halides is 3. The van der Waals surface area contributed by atoms with Gasteiger partial charge in [0.15, 0.2) is 5.69 Å². The van der Waals surface area contributed by atoms with Gasteiger partial charge < -0.3 is 11.1 Å². The molecule has 0 radical (unpaired) electrons. The van der Waals surface area contributed by atoms with E-state index in [0.29, 0.717) is 5.01 Å². The quantitative estimate of drug-likeness (QED) is 0.865. The van der Waals surface area contributed by atoms with Crippen molar-refractivity contribution in [1.29, 1.82) is 0 Å². The fourth-order valence-corrected chi connectivity index (χ4v) is 2.83. The number of nitrogens with two attached hydrogens (primary N) is 1. The van der Waals surface area contributed by atoms with E-state index in [1.165, 1.54) is 7.05 Å². The van der Waals surface area contributed by atoms with E-state index < -0.39 is 34.0 Å². The van der Waals surface area contributed by atoms with Crippen LogP contribution in [0.5, 0.6) is 0 Å². The second kappa shape index (κ2) is 5.64. The zero-order valence-electron chi connectivity index (χ0n) is 12.2. The van der Waals surface area contributed by atoms with Crippen molar-refractivity contribution in [2.24, 2.45) is 7.05 Å². The lowest BCUT2D eigenvalue weighted by atomic mass is 10.1. The van der Waals surface area contributed by atoms with E-state index in [-0.39, 0.29) is 5.13 Å². The van der Waals surface area contributed by atoms with Gasteiger partial charge in [0.05, 0.1) is 5.54 Å². The molecule has 23 heavy (non-hydrogen) atoms. The van der Waals surface area contributed by atoms with Crippen molar-refractivity contribution >= 4 is 34.0 Å². The molecule has 0 unspecified atom stereocenters. The van der Waals surface area contributed by atoms with Crippen LogP contribution in [0.3, 0.4) is 0 Å². The maximum atomic E-state index is 12.8. The number of anilines is 1. The third-order valence-corrected chi connectivity index (χ3v) is 4.31. The van der Waals surface area contributed by atoms with Crippen LogP contribution in [0.4, 0.5) is 18.3 Å². The van der Waals surface area contributed by atoms with Gasteiger partial charge in [0.25, 0.3) is 5.91 Å². The predicted molar refractivity (Wildman–Crippen MR) is 78.0 cm³/mol. The van der Waals surface area contributed by atoms with Crippen molar-refractivity contribution < 1.29 is 18.0 Å². The average Bonchev–Trinajstić information content (AvgIpc) is 2.92. The Morgan fingerprint density at radius 1 is 1.35 bits per heavy atom. The highest BCUT2D eigenvalue weighted by Crippen LogP contribution is 2.35. The highest BCUT2D eigenvalue weighted by Gasteiger charge is 2.40. The lowest BCUT2D eigenvalue weighted by molar-refractivity contribution is -0.141. The summed E-state index contributed by atoms with van der Waals surface area (Å²) < 4.78 is 39.1. The average molecular weight is 369 g/mol. The first-order valence-electron chi connectivity index (χ1n) is 6.15. The minimum absolute atomic E-state index is 0.209. The molecule has 3 N–H and O–H groups in total. The normalized spacial score (nSPS) is 12.5. The summed E-state index contributed by atoms with van der Waals surface area (Å²) in [5, 5.41) is 13.1. The summed E-state index contributed by atoms with van der Waals surface area (Å²) in [5.74, 6) is -0.820. The molecule has 0 aliphatic rings. The molecule has 0 spiro atoms. The number of nitrogens with zero attached hydrogens (tertiary/aromatic N) is 4. The molecular weight excluding hydrogens is 357 g/mol. The number of nitrogen functional groups attached to an aromatic ring is 1. The Morgan fingerprint density at radius 2 is 1.96 bits per heavy atom. The topological polar surface area (TPSA) is 98.7 Å². The van der Waals surface area contributed by atoms with Crippen molar-refractivity contribution in [2.45, 2.75) is 25.6 Å². The van der Waals surface area contributed by atoms with Crippen molar-refractivity contribution in [1.82, 2.24) is 25.3 Å². The summed E-state index contributed by atoms with van der Waals surface area (Å²) in [5.41, 5.74) is 2.77. The van der Waals surface area contributed by atoms with Crippen LogP contribution < -0.4 is 11.1 Å². The molecule has 126 valence electrons. The molecular formula is C11H12ClF3N6OS. The van der Waals surface area contributed by atoms with E-state index in [4.69, 9.17) is 17.3 Å². The first-order chi connectivity index (χ1) is 10.4. The van der Waals surface area contributed by atoms with Gasteiger partial charge >= 0.3 is 6.18 Å². The van der Waals surface area contributed by atoms with E-state index in [2.05, 4.69) is 20.6 Å². The second-order valence-electron chi connectivity index (χ2n) is 5.16. The standard InChI is InChI=1S/C11H12ClF3N6OS/c1-10(2,8-18-19-9(16)23-8)17-7(22)5-4(12)6(11(13,14)15)20-21(5)3/h1-3H3,(H2,16,19)(H,17,22). The molecule has 0 atom stereocenters. The lowest BCUT2D eigenvalue weighted by Gasteiger charge is -2.23. The predicted octanol–water partition coefficient (Wildman–Crippen LogP) is 2.19. The van der Waals surface area contributed by atoms with Gasteiger partial charge in [0.1, 0.15) is 15.7 Å². The second-order valence-corrected chi connectivity index (χ2v) is 6.54. The summed E-state index contributed by atoms with van der Waals surface area (Å²) in [6, 6.07) is 0. The van der Waals surface area contributed by atoms with Crippen LogP contribution in [0.2, 0.25) is 5.02 Å². The summed E-state index contributed by atoms with van der Waals surface area (Å²) in [6.45, 7) is 3.22. The minimum atomic E-state index is -4.75. The van der Waals surface area contributed by atoms with Gasteiger partial charge in [-0.15, -0.1) is 10.2 Å². The number of nitrogens with one attached hydrogen (secondary N) is 1. The molecule has 2 aromatic rings. The molecule has 0 aromatic carbocycles. The van der Waals surface area contributed by atoms with E-state index in [1.807, 2.05) is 0 Å². The summed E-state index contributed by atoms with van der Waals surface area (Å²) >= 11 is 6.73. The van der Waals surface area contributed by atoms with E-state index in [0.717, 1.165) is 16.0 Å². The van der Waals surface area contributed by atoms with Crippen molar-refractivity contribution in [3.8, 4) is 0 Å². The number of amides is 1. The fourth-order valence-electron chi connectivity index (χ4n) is 1.81. The Bertz CT molecular complexity index is 754. The van der Waals surface area contributed by atoms with Gasteiger partial charge in [-0.25, -0.2) is 0 Å². The number of hydrogen-bond acceptors (Lipinski definition) is 6. The molecule has 0 saturated heterocycles. The Balaban J connectivity index is 2.33. The van der Waals surface area contributed by atoms with Gasteiger partial charge in [-0.1, -0.05) is 22.9 Å². The lowest BCUT2D eigenvalue weighted by Crippen LogP contribution is -2.41. The van der Waals surface area contributed by atoms with E-state index in [1.54, 1.807) is 13.8 Å². The third-order valence-electron chi connectivity index (χ3n) is 2.87. The SMILES string of the molecule is Cn1nc(C(F)(F)F)c(Cl)c1C(=O)NC(C)(C)c1nnc(N)s1. The zero-order chi connectivity index (χ0) is 17.6. The number of hydrogen-bond donors (Lipinski definition) is 2. The molecule has 1 amide bonds. The van der Waals surface area contributed by atoms with Crippen LogP contribution in [0, 0.1) is 0 Å². The third kappa shape index (κ3) is 3.39. The first-order valence-corrected chi connectivity index (χ1v) is 7.34. The molecule has 0 aliphatic heterocycles. The van der Waals surface area contributed by atoms with Gasteiger partial charge in [-0.2, -0.15) is 18.3 Å². The summed E-state index contributed by atoms with van der Waals surface area (Å²) in [4.78, 5) is 12.3. The summed E-state index contributed by atoms with van der Waals surface area (Å²) in [6.07, 6.45) is -4.75. The van der Waals surface area contributed by atoms with Crippen LogP contribution in [0.25, 0.3) is 0 Å². The van der Waals surface area contributed by atoms with Gasteiger partial charge in [0, 0.05) is 7.05 Å². The Hall–Kier alpha value is -1.88. The Kier molecular flexibility index (Phi) is 4.28. The zero-order valence-corrected chi connectivity index (χ0v) is 13.8. The number of rotatable bonds is 3. The smallest absolute Gasteiger partial charge is 0.374 e. The fraction of sp³-hybridized carbons (Fsp3) is 0.455. The van der Waals surface area contributed by atoms with Crippen molar-refractivity contribution in [3.63, 3.8) is 0 Å². The minimum Gasteiger partial charge on any atom is -0.374 e. The number of aromatic nitrogens is 4. The summed E-state index contributed by atoms with van der Waals surface area (Å²) in [7, 11) is 1.20. The van der Waals surface area contributed by atoms with Crippen LogP contribution in [-0.2, 0) is 18.8 Å². The number of halogens is 4. The molecule has 7 nitrogen and oxygen atoms in total. The highest BCUT2D eigenvalue weighted by molar-refractivity contribution is 7.15. The van der Waals surface area contributed by atoms with E-state index in [9.17, 15) is 18.0 Å². The van der Waals surface area contributed by atoms with Crippen molar-refractivity contribution in [2.75, 3.05) is 5.73 Å². The number of carbonyl (C=O) groups excluding carboxylic acids is 1. The molecule has 12 heteroatoms. The Labute approximate surface area is 137 Å². The first kappa shape index (κ1) is 17.5. The number of aryl methyl sites for hydroxylation is 1. The van der Waals surface area contributed by atoms with Gasteiger partial charge in [-0.3, -0.25) is 9.48 Å².